The van der Waals surface area contributed by atoms with E-state index >= 15 is 0 Å². The van der Waals surface area contributed by atoms with Crippen molar-refractivity contribution in [1.29, 1.82) is 0 Å². The van der Waals surface area contributed by atoms with Gasteiger partial charge in [-0.3, -0.25) is 0 Å². The summed E-state index contributed by atoms with van der Waals surface area (Å²) in [6.07, 6.45) is -0.0335. The Morgan fingerprint density at radius 2 is 1.92 bits per heavy atom. The van der Waals surface area contributed by atoms with Crippen molar-refractivity contribution in [3.8, 4) is 22.8 Å². The molecule has 25 heavy (non-hydrogen) atoms. The van der Waals surface area contributed by atoms with E-state index in [0.717, 1.165) is 0 Å². The Morgan fingerprint density at radius 3 is 2.44 bits per heavy atom. The van der Waals surface area contributed by atoms with Crippen molar-refractivity contribution in [3.63, 3.8) is 0 Å². The van der Waals surface area contributed by atoms with Crippen molar-refractivity contribution in [1.82, 2.24) is 9.78 Å². The Bertz CT molecular complexity index is 775. The second-order valence-corrected chi connectivity index (χ2v) is 6.52. The fourth-order valence-corrected chi connectivity index (χ4v) is 2.46. The van der Waals surface area contributed by atoms with E-state index in [1.165, 1.54) is 4.68 Å². The summed E-state index contributed by atoms with van der Waals surface area (Å²) < 4.78 is 17.3. The van der Waals surface area contributed by atoms with Crippen molar-refractivity contribution in [3.05, 3.63) is 23.9 Å². The summed E-state index contributed by atoms with van der Waals surface area (Å²) in [4.78, 5) is 12.5. The van der Waals surface area contributed by atoms with Gasteiger partial charge in [-0.2, -0.15) is 9.78 Å². The van der Waals surface area contributed by atoms with Crippen LogP contribution in [0.4, 0.5) is 10.5 Å². The normalized spacial score (nSPS) is 11.3. The Kier molecular flexibility index (Phi) is 5.25. The third-order valence-electron chi connectivity index (χ3n) is 3.58. The molecule has 0 amide bonds. The molecule has 0 radical (unpaired) electrons. The van der Waals surface area contributed by atoms with Crippen LogP contribution in [0.5, 0.6) is 11.5 Å². The van der Waals surface area contributed by atoms with E-state index in [1.54, 1.807) is 53.2 Å². The van der Waals surface area contributed by atoms with E-state index in [0.29, 0.717) is 40.6 Å². The van der Waals surface area contributed by atoms with Gasteiger partial charge in [0.15, 0.2) is 0 Å². The molecule has 0 aliphatic carbocycles. The third-order valence-corrected chi connectivity index (χ3v) is 3.58. The van der Waals surface area contributed by atoms with Crippen molar-refractivity contribution >= 4 is 11.8 Å². The number of methoxy groups -OCH3 is 2. The molecule has 0 atom stereocenters. The minimum atomic E-state index is -0.628. The summed E-state index contributed by atoms with van der Waals surface area (Å²) in [5, 5.41) is 4.40. The lowest BCUT2D eigenvalue weighted by Gasteiger charge is -2.19. The van der Waals surface area contributed by atoms with E-state index in [1.807, 2.05) is 6.92 Å². The molecule has 0 unspecified atom stereocenters. The van der Waals surface area contributed by atoms with Gasteiger partial charge in [0, 0.05) is 5.56 Å². The maximum absolute atomic E-state index is 12.5. The van der Waals surface area contributed by atoms with Gasteiger partial charge < -0.3 is 19.9 Å². The monoisotopic (exact) mass is 347 g/mol. The number of carbonyl (C=O) groups excluding carboxylic acids is 1. The number of hydrogen-bond acceptors (Lipinski definition) is 6. The van der Waals surface area contributed by atoms with E-state index in [2.05, 4.69) is 5.10 Å². The molecular formula is C18H25N3O4. The van der Waals surface area contributed by atoms with E-state index in [4.69, 9.17) is 19.9 Å². The van der Waals surface area contributed by atoms with Crippen LogP contribution in [-0.4, -0.2) is 35.7 Å². The zero-order valence-corrected chi connectivity index (χ0v) is 15.5. The SMILES string of the molecule is CCc1c(N)c(-c2cc(OC)ccc2OC)nn1C(=O)OC(C)(C)C. The molecular weight excluding hydrogens is 322 g/mol. The highest BCUT2D eigenvalue weighted by Gasteiger charge is 2.25. The lowest BCUT2D eigenvalue weighted by atomic mass is 10.1. The third kappa shape index (κ3) is 3.87. The summed E-state index contributed by atoms with van der Waals surface area (Å²) >= 11 is 0. The second-order valence-electron chi connectivity index (χ2n) is 6.52. The van der Waals surface area contributed by atoms with Gasteiger partial charge in [-0.25, -0.2) is 4.79 Å². The molecule has 0 fully saturated rings. The molecule has 1 heterocycles. The first kappa shape index (κ1) is 18.6. The van der Waals surface area contributed by atoms with Gasteiger partial charge in [0.25, 0.3) is 0 Å². The van der Waals surface area contributed by atoms with Crippen molar-refractivity contribution in [2.75, 3.05) is 20.0 Å². The lowest BCUT2D eigenvalue weighted by molar-refractivity contribution is 0.0510. The molecule has 1 aromatic carbocycles. The summed E-state index contributed by atoms with van der Waals surface area (Å²) in [5.74, 6) is 1.23. The quantitative estimate of drug-likeness (QED) is 0.910. The maximum Gasteiger partial charge on any atom is 0.435 e. The first-order valence-corrected chi connectivity index (χ1v) is 8.05. The summed E-state index contributed by atoms with van der Waals surface area (Å²) in [6.45, 7) is 7.31. The predicted octanol–water partition coefficient (Wildman–Crippen LogP) is 3.50. The number of aromatic nitrogens is 2. The van der Waals surface area contributed by atoms with Gasteiger partial charge in [-0.15, -0.1) is 0 Å². The highest BCUT2D eigenvalue weighted by Crippen LogP contribution is 2.37. The molecule has 0 aliphatic heterocycles. The molecule has 2 aromatic rings. The van der Waals surface area contributed by atoms with Gasteiger partial charge >= 0.3 is 6.09 Å². The molecule has 2 N–H and O–H groups in total. The number of nitrogen functional groups attached to an aromatic ring is 1. The van der Waals surface area contributed by atoms with E-state index in [-0.39, 0.29) is 0 Å². The highest BCUT2D eigenvalue weighted by molar-refractivity contribution is 5.83. The molecule has 0 spiro atoms. The minimum Gasteiger partial charge on any atom is -0.497 e. The average Bonchev–Trinajstić information content (AvgIpc) is 2.89. The van der Waals surface area contributed by atoms with Gasteiger partial charge in [0.2, 0.25) is 0 Å². The number of anilines is 1. The zero-order valence-electron chi connectivity index (χ0n) is 15.5. The minimum absolute atomic E-state index is 0.417. The number of carbonyl (C=O) groups is 1. The van der Waals surface area contributed by atoms with Gasteiger partial charge in [0.1, 0.15) is 22.8 Å². The molecule has 0 saturated carbocycles. The lowest BCUT2D eigenvalue weighted by Crippen LogP contribution is -2.28. The van der Waals surface area contributed by atoms with Crippen LogP contribution in [0.3, 0.4) is 0 Å². The first-order valence-electron chi connectivity index (χ1n) is 8.05. The Morgan fingerprint density at radius 1 is 1.24 bits per heavy atom. The van der Waals surface area contributed by atoms with Crippen molar-refractivity contribution in [2.24, 2.45) is 0 Å². The van der Waals surface area contributed by atoms with E-state index < -0.39 is 11.7 Å². The molecule has 7 nitrogen and oxygen atoms in total. The van der Waals surface area contributed by atoms with E-state index in [9.17, 15) is 4.79 Å². The van der Waals surface area contributed by atoms with Crippen LogP contribution in [0.25, 0.3) is 11.3 Å². The first-order chi connectivity index (χ1) is 11.7. The molecule has 2 rings (SSSR count). The maximum atomic E-state index is 12.5. The molecule has 1 aromatic heterocycles. The number of nitrogens with two attached hydrogens (primary N) is 1. The Hall–Kier alpha value is -2.70. The summed E-state index contributed by atoms with van der Waals surface area (Å²) in [7, 11) is 3.14. The van der Waals surface area contributed by atoms with Crippen molar-refractivity contribution in [2.45, 2.75) is 39.7 Å². The predicted molar refractivity (Wildman–Crippen MR) is 96.2 cm³/mol. The van der Waals surface area contributed by atoms with Gasteiger partial charge in [0.05, 0.1) is 25.6 Å². The summed E-state index contributed by atoms with van der Waals surface area (Å²) in [6, 6.07) is 5.33. The Labute approximate surface area is 147 Å². The zero-order chi connectivity index (χ0) is 18.8. The van der Waals surface area contributed by atoms with Gasteiger partial charge in [-0.05, 0) is 45.4 Å². The molecule has 7 heteroatoms. The standard InChI is InChI=1S/C18H25N3O4/c1-7-13-15(19)16(20-21(13)17(22)25-18(2,3)4)12-10-11(23-5)8-9-14(12)24-6/h8-10H,7,19H2,1-6H3. The van der Waals surface area contributed by atoms with Crippen LogP contribution in [0.15, 0.2) is 18.2 Å². The number of nitrogens with zero attached hydrogens (tertiary/aromatic N) is 2. The van der Waals surface area contributed by atoms with Crippen LogP contribution >= 0.6 is 0 Å². The molecule has 0 bridgehead atoms. The number of hydrogen-bond donors (Lipinski definition) is 1. The van der Waals surface area contributed by atoms with Crippen LogP contribution in [0, 0.1) is 0 Å². The molecule has 136 valence electrons. The smallest absolute Gasteiger partial charge is 0.435 e. The van der Waals surface area contributed by atoms with Crippen LogP contribution in [-0.2, 0) is 11.2 Å². The van der Waals surface area contributed by atoms with Crippen LogP contribution in [0.1, 0.15) is 33.4 Å². The fraction of sp³-hybridized carbons (Fsp3) is 0.444. The topological polar surface area (TPSA) is 88.6 Å². The number of benzene rings is 1. The number of rotatable bonds is 4. The largest absolute Gasteiger partial charge is 0.497 e. The van der Waals surface area contributed by atoms with Crippen LogP contribution in [0.2, 0.25) is 0 Å². The molecule has 0 aliphatic rings. The average molecular weight is 347 g/mol. The second kappa shape index (κ2) is 7.04. The summed E-state index contributed by atoms with van der Waals surface area (Å²) in [5.41, 5.74) is 7.76. The van der Waals surface area contributed by atoms with Crippen molar-refractivity contribution < 1.29 is 19.0 Å². The van der Waals surface area contributed by atoms with Gasteiger partial charge in [-0.1, -0.05) is 6.92 Å². The molecule has 0 saturated heterocycles. The fourth-order valence-electron chi connectivity index (χ4n) is 2.46. The van der Waals surface area contributed by atoms with Crippen LogP contribution < -0.4 is 15.2 Å². The Balaban J connectivity index is 2.59. The number of ether oxygens (including phenoxy) is 3. The highest BCUT2D eigenvalue weighted by atomic mass is 16.6.